The Morgan fingerprint density at radius 1 is 1.26 bits per heavy atom. The maximum absolute atomic E-state index is 12.9. The van der Waals surface area contributed by atoms with E-state index in [0.717, 1.165) is 60.9 Å². The summed E-state index contributed by atoms with van der Waals surface area (Å²) in [6.07, 6.45) is 4.40. The summed E-state index contributed by atoms with van der Waals surface area (Å²) in [5.41, 5.74) is 3.10. The first-order chi connectivity index (χ1) is 12.9. The molecule has 1 aromatic heterocycles. The number of aromatic amines is 1. The Morgan fingerprint density at radius 2 is 2.07 bits per heavy atom. The number of carbonyl (C=O) groups is 1. The Hall–Kier alpha value is -1.70. The first-order valence-corrected chi connectivity index (χ1v) is 11.3. The number of Topliss-reactive ketones (excluding diaryl/α,β-unsaturated/α-hetero) is 1. The third kappa shape index (κ3) is 3.32. The topological polar surface area (TPSA) is 82.3 Å². The molecule has 1 unspecified atom stereocenters. The van der Waals surface area contributed by atoms with Crippen LogP contribution >= 0.6 is 0 Å². The quantitative estimate of drug-likeness (QED) is 0.824. The average Bonchev–Trinajstić information content (AvgIpc) is 3.23. The minimum absolute atomic E-state index is 0.150. The largest absolute Gasteiger partial charge is 0.358 e. The van der Waals surface area contributed by atoms with Crippen molar-refractivity contribution in [2.75, 3.05) is 19.6 Å². The van der Waals surface area contributed by atoms with Crippen molar-refractivity contribution in [3.8, 4) is 0 Å². The van der Waals surface area contributed by atoms with Gasteiger partial charge in [0.15, 0.2) is 5.78 Å². The third-order valence-electron chi connectivity index (χ3n) is 5.98. The average molecular weight is 390 g/mol. The molecule has 1 aliphatic carbocycles. The molecule has 27 heavy (non-hydrogen) atoms. The first kappa shape index (κ1) is 18.7. The van der Waals surface area contributed by atoms with Crippen molar-refractivity contribution in [2.24, 2.45) is 0 Å². The maximum Gasteiger partial charge on any atom is 0.240 e. The van der Waals surface area contributed by atoms with Crippen LogP contribution in [0.1, 0.15) is 54.2 Å². The number of nitrogens with one attached hydrogen (secondary N) is 2. The molecule has 0 amide bonds. The molecule has 1 atom stereocenters. The van der Waals surface area contributed by atoms with E-state index in [1.54, 1.807) is 13.0 Å². The molecule has 1 aromatic carbocycles. The fourth-order valence-electron chi connectivity index (χ4n) is 4.56. The summed E-state index contributed by atoms with van der Waals surface area (Å²) >= 11 is 0. The number of likely N-dealkylation sites (N-methyl/N-ethyl adjacent to an activating group) is 1. The lowest BCUT2D eigenvalue weighted by molar-refractivity contribution is 0.0974. The van der Waals surface area contributed by atoms with Crippen LogP contribution in [0.15, 0.2) is 17.0 Å². The smallest absolute Gasteiger partial charge is 0.240 e. The molecule has 2 aromatic rings. The third-order valence-corrected chi connectivity index (χ3v) is 7.55. The molecule has 0 saturated carbocycles. The van der Waals surface area contributed by atoms with Gasteiger partial charge in [-0.05, 0) is 63.4 Å². The maximum atomic E-state index is 12.9. The van der Waals surface area contributed by atoms with Crippen LogP contribution in [0.2, 0.25) is 0 Å². The summed E-state index contributed by atoms with van der Waals surface area (Å²) in [5.74, 6) is 0.150. The highest BCUT2D eigenvalue weighted by atomic mass is 32.2. The number of hydrogen-bond acceptors (Lipinski definition) is 4. The van der Waals surface area contributed by atoms with Gasteiger partial charge in [0.2, 0.25) is 10.0 Å². The van der Waals surface area contributed by atoms with Crippen LogP contribution in [-0.2, 0) is 16.4 Å². The SMILES string of the molecule is CCN1CCCC1CNS(=O)(=O)c1cc2[nH]c3c(c2cc1C)C(=O)CCC3. The van der Waals surface area contributed by atoms with Crippen LogP contribution in [0.4, 0.5) is 0 Å². The van der Waals surface area contributed by atoms with Gasteiger partial charge in [-0.1, -0.05) is 6.92 Å². The zero-order chi connectivity index (χ0) is 19.2. The Labute approximate surface area is 160 Å². The van der Waals surface area contributed by atoms with Crippen molar-refractivity contribution < 1.29 is 13.2 Å². The summed E-state index contributed by atoms with van der Waals surface area (Å²) in [7, 11) is -3.60. The number of sulfonamides is 1. The molecule has 4 rings (SSSR count). The van der Waals surface area contributed by atoms with E-state index in [9.17, 15) is 13.2 Å². The number of ketones is 1. The van der Waals surface area contributed by atoms with Crippen LogP contribution in [0.25, 0.3) is 10.9 Å². The van der Waals surface area contributed by atoms with Gasteiger partial charge in [0, 0.05) is 41.2 Å². The van der Waals surface area contributed by atoms with Crippen molar-refractivity contribution in [1.82, 2.24) is 14.6 Å². The van der Waals surface area contributed by atoms with Gasteiger partial charge in [-0.25, -0.2) is 13.1 Å². The molecular formula is C20H27N3O3S. The molecule has 0 bridgehead atoms. The predicted molar refractivity (Wildman–Crippen MR) is 106 cm³/mol. The van der Waals surface area contributed by atoms with E-state index >= 15 is 0 Å². The van der Waals surface area contributed by atoms with Crippen LogP contribution in [-0.4, -0.2) is 49.8 Å². The van der Waals surface area contributed by atoms with Crippen LogP contribution in [0.3, 0.4) is 0 Å². The molecule has 2 N–H and O–H groups in total. The summed E-state index contributed by atoms with van der Waals surface area (Å²) in [5, 5.41) is 0.846. The van der Waals surface area contributed by atoms with Gasteiger partial charge in [-0.15, -0.1) is 0 Å². The second-order valence-corrected chi connectivity index (χ2v) is 9.43. The molecule has 0 spiro atoms. The number of aryl methyl sites for hydroxylation is 2. The van der Waals surface area contributed by atoms with Crippen molar-refractivity contribution in [3.05, 3.63) is 29.0 Å². The molecule has 7 heteroatoms. The van der Waals surface area contributed by atoms with E-state index in [1.807, 2.05) is 6.07 Å². The molecule has 2 aliphatic rings. The summed E-state index contributed by atoms with van der Waals surface area (Å²) in [4.78, 5) is 18.2. The van der Waals surface area contributed by atoms with Crippen molar-refractivity contribution >= 4 is 26.7 Å². The summed E-state index contributed by atoms with van der Waals surface area (Å²) < 4.78 is 28.7. The van der Waals surface area contributed by atoms with E-state index in [4.69, 9.17) is 0 Å². The van der Waals surface area contributed by atoms with Gasteiger partial charge >= 0.3 is 0 Å². The van der Waals surface area contributed by atoms with Gasteiger partial charge in [0.25, 0.3) is 0 Å². The van der Waals surface area contributed by atoms with Crippen LogP contribution in [0.5, 0.6) is 0 Å². The molecule has 0 radical (unpaired) electrons. The Bertz CT molecular complexity index is 994. The van der Waals surface area contributed by atoms with Crippen molar-refractivity contribution in [1.29, 1.82) is 0 Å². The molecular weight excluding hydrogens is 362 g/mol. The number of likely N-dealkylation sites (tertiary alicyclic amines) is 1. The van der Waals surface area contributed by atoms with Gasteiger partial charge in [0.1, 0.15) is 0 Å². The normalized spacial score (nSPS) is 21.1. The van der Waals surface area contributed by atoms with E-state index in [2.05, 4.69) is 21.5 Å². The van der Waals surface area contributed by atoms with Gasteiger partial charge in [-0.2, -0.15) is 0 Å². The van der Waals surface area contributed by atoms with E-state index in [-0.39, 0.29) is 11.8 Å². The monoisotopic (exact) mass is 389 g/mol. The minimum Gasteiger partial charge on any atom is -0.358 e. The minimum atomic E-state index is -3.60. The fourth-order valence-corrected chi connectivity index (χ4v) is 5.88. The van der Waals surface area contributed by atoms with Gasteiger partial charge in [-0.3, -0.25) is 9.69 Å². The lowest BCUT2D eigenvalue weighted by Gasteiger charge is -2.23. The molecule has 1 aliphatic heterocycles. The number of rotatable bonds is 5. The zero-order valence-electron chi connectivity index (χ0n) is 16.0. The zero-order valence-corrected chi connectivity index (χ0v) is 16.8. The number of fused-ring (bicyclic) bond motifs is 3. The highest BCUT2D eigenvalue weighted by molar-refractivity contribution is 7.89. The molecule has 1 fully saturated rings. The summed E-state index contributed by atoms with van der Waals surface area (Å²) in [6.45, 7) is 6.33. The molecule has 6 nitrogen and oxygen atoms in total. The van der Waals surface area contributed by atoms with E-state index in [0.29, 0.717) is 23.4 Å². The van der Waals surface area contributed by atoms with Crippen LogP contribution in [0, 0.1) is 6.92 Å². The second-order valence-electron chi connectivity index (χ2n) is 7.70. The van der Waals surface area contributed by atoms with E-state index < -0.39 is 10.0 Å². The van der Waals surface area contributed by atoms with E-state index in [1.165, 1.54) is 0 Å². The highest BCUT2D eigenvalue weighted by Crippen LogP contribution is 2.32. The number of nitrogens with zero attached hydrogens (tertiary/aromatic N) is 1. The van der Waals surface area contributed by atoms with Gasteiger partial charge in [0.05, 0.1) is 4.90 Å². The molecule has 1 saturated heterocycles. The predicted octanol–water partition coefficient (Wildman–Crippen LogP) is 2.76. The van der Waals surface area contributed by atoms with Crippen molar-refractivity contribution in [3.63, 3.8) is 0 Å². The van der Waals surface area contributed by atoms with Gasteiger partial charge < -0.3 is 4.98 Å². The van der Waals surface area contributed by atoms with Crippen LogP contribution < -0.4 is 4.72 Å². The lowest BCUT2D eigenvalue weighted by atomic mass is 9.94. The Kier molecular flexibility index (Phi) is 4.86. The van der Waals surface area contributed by atoms with Crippen molar-refractivity contribution in [2.45, 2.75) is 56.9 Å². The lowest BCUT2D eigenvalue weighted by Crippen LogP contribution is -2.40. The highest BCUT2D eigenvalue weighted by Gasteiger charge is 2.27. The second kappa shape index (κ2) is 7.04. The fraction of sp³-hybridized carbons (Fsp3) is 0.550. The summed E-state index contributed by atoms with van der Waals surface area (Å²) in [6, 6.07) is 3.80. The number of aromatic nitrogens is 1. The number of benzene rings is 1. The standard InChI is InChI=1S/C20H27N3O3S/c1-3-23-9-5-6-14(23)12-21-27(25,26)19-11-17-15(10-13(19)2)20-16(22-17)7-4-8-18(20)24/h10-11,14,21-22H,3-9,12H2,1-2H3. The number of H-pyrrole nitrogens is 1. The number of carbonyl (C=O) groups excluding carboxylic acids is 1. The first-order valence-electron chi connectivity index (χ1n) is 9.83. The molecule has 146 valence electrons. The Morgan fingerprint density at radius 3 is 2.85 bits per heavy atom. The molecule has 2 heterocycles. The Balaban J connectivity index is 1.64. The number of hydrogen-bond donors (Lipinski definition) is 2.